The Labute approximate surface area is 150 Å². The van der Waals surface area contributed by atoms with E-state index in [0.717, 1.165) is 11.4 Å². The van der Waals surface area contributed by atoms with Crippen LogP contribution >= 0.6 is 0 Å². The number of benzene rings is 1. The zero-order valence-corrected chi connectivity index (χ0v) is 14.1. The van der Waals surface area contributed by atoms with E-state index < -0.39 is 17.6 Å². The van der Waals surface area contributed by atoms with E-state index in [1.165, 1.54) is 0 Å². The topological polar surface area (TPSA) is 74.3 Å². The number of nitrogens with zero attached hydrogens (tertiary/aromatic N) is 2. The molecular weight excluding hydrogens is 335 g/mol. The second kappa shape index (κ2) is 8.35. The van der Waals surface area contributed by atoms with Crippen molar-refractivity contribution in [2.24, 2.45) is 0 Å². The Morgan fingerprint density at radius 2 is 1.65 bits per heavy atom. The van der Waals surface area contributed by atoms with E-state index in [2.05, 4.69) is 15.6 Å². The van der Waals surface area contributed by atoms with E-state index in [0.29, 0.717) is 29.9 Å². The summed E-state index contributed by atoms with van der Waals surface area (Å²) in [5.41, 5.74) is 1.09. The maximum absolute atomic E-state index is 14.1. The lowest BCUT2D eigenvalue weighted by Crippen LogP contribution is -2.40. The molecule has 1 saturated heterocycles. The van der Waals surface area contributed by atoms with Gasteiger partial charge in [-0.15, -0.1) is 0 Å². The zero-order chi connectivity index (χ0) is 18.4. The number of piperazine rings is 1. The fraction of sp³-hybridized carbons (Fsp3) is 0.211. The van der Waals surface area contributed by atoms with Crippen LogP contribution in [0.4, 0.5) is 4.39 Å². The van der Waals surface area contributed by atoms with E-state index in [9.17, 15) is 14.0 Å². The van der Waals surface area contributed by atoms with Gasteiger partial charge in [-0.3, -0.25) is 19.5 Å². The van der Waals surface area contributed by atoms with E-state index in [4.69, 9.17) is 0 Å². The molecule has 4 rings (SSSR count). The molecule has 2 aromatic rings. The highest BCUT2D eigenvalue weighted by molar-refractivity contribution is 6.21. The molecule has 134 valence electrons. The molecule has 0 atom stereocenters. The van der Waals surface area contributed by atoms with Crippen molar-refractivity contribution in [3.63, 3.8) is 0 Å². The number of carbonyl (C=O) groups is 2. The highest BCUT2D eigenvalue weighted by Crippen LogP contribution is 2.23. The van der Waals surface area contributed by atoms with Crippen molar-refractivity contribution in [2.75, 3.05) is 26.2 Å². The SMILES string of the molecule is O=C1c2ccccc2C(=O)N1C/C(F)=C1/CNCCN1.c1ccncc1. The Hall–Kier alpha value is -3.06. The van der Waals surface area contributed by atoms with Gasteiger partial charge in [0.15, 0.2) is 0 Å². The molecular formula is C19H19FN4O2. The summed E-state index contributed by atoms with van der Waals surface area (Å²) in [5.74, 6) is -1.36. The normalized spacial score (nSPS) is 17.8. The predicted molar refractivity (Wildman–Crippen MR) is 95.1 cm³/mol. The number of imide groups is 1. The van der Waals surface area contributed by atoms with E-state index in [1.54, 1.807) is 36.7 Å². The van der Waals surface area contributed by atoms with Crippen LogP contribution < -0.4 is 10.6 Å². The third kappa shape index (κ3) is 3.94. The molecule has 0 spiro atoms. The van der Waals surface area contributed by atoms with Gasteiger partial charge in [0.25, 0.3) is 11.8 Å². The monoisotopic (exact) mass is 354 g/mol. The first-order valence-electron chi connectivity index (χ1n) is 8.31. The second-order valence-electron chi connectivity index (χ2n) is 5.75. The van der Waals surface area contributed by atoms with Crippen LogP contribution in [0.25, 0.3) is 0 Å². The van der Waals surface area contributed by atoms with Gasteiger partial charge >= 0.3 is 0 Å². The van der Waals surface area contributed by atoms with Crippen LogP contribution in [-0.2, 0) is 0 Å². The van der Waals surface area contributed by atoms with Gasteiger partial charge in [-0.05, 0) is 24.3 Å². The lowest BCUT2D eigenvalue weighted by Gasteiger charge is -2.20. The number of halogens is 1. The van der Waals surface area contributed by atoms with Gasteiger partial charge in [-0.25, -0.2) is 4.39 Å². The van der Waals surface area contributed by atoms with Gasteiger partial charge < -0.3 is 10.6 Å². The summed E-state index contributed by atoms with van der Waals surface area (Å²) in [6.45, 7) is 1.46. The molecule has 26 heavy (non-hydrogen) atoms. The van der Waals surface area contributed by atoms with Crippen molar-refractivity contribution in [3.8, 4) is 0 Å². The predicted octanol–water partition coefficient (Wildman–Crippen LogP) is 1.74. The van der Waals surface area contributed by atoms with E-state index >= 15 is 0 Å². The average molecular weight is 354 g/mol. The van der Waals surface area contributed by atoms with Gasteiger partial charge in [0.1, 0.15) is 5.83 Å². The fourth-order valence-electron chi connectivity index (χ4n) is 2.70. The largest absolute Gasteiger partial charge is 0.384 e. The Morgan fingerprint density at radius 3 is 2.12 bits per heavy atom. The van der Waals surface area contributed by atoms with Crippen LogP contribution in [0, 0.1) is 0 Å². The molecule has 2 aliphatic rings. The number of carbonyl (C=O) groups excluding carboxylic acids is 2. The smallest absolute Gasteiger partial charge is 0.261 e. The number of hydrogen-bond acceptors (Lipinski definition) is 5. The quantitative estimate of drug-likeness (QED) is 0.804. The Kier molecular flexibility index (Phi) is 5.70. The molecule has 0 unspecified atom stereocenters. The van der Waals surface area contributed by atoms with Crippen LogP contribution in [0.3, 0.4) is 0 Å². The first-order valence-corrected chi connectivity index (χ1v) is 8.31. The molecule has 2 amide bonds. The molecule has 6 nitrogen and oxygen atoms in total. The zero-order valence-electron chi connectivity index (χ0n) is 14.1. The molecule has 2 aliphatic heterocycles. The van der Waals surface area contributed by atoms with Crippen molar-refractivity contribution < 1.29 is 14.0 Å². The number of rotatable bonds is 2. The molecule has 1 fully saturated rings. The Morgan fingerprint density at radius 1 is 1.00 bits per heavy atom. The maximum atomic E-state index is 14.1. The summed E-state index contributed by atoms with van der Waals surface area (Å²) in [7, 11) is 0. The summed E-state index contributed by atoms with van der Waals surface area (Å²) in [6.07, 6.45) is 3.50. The summed E-state index contributed by atoms with van der Waals surface area (Å²) in [5, 5.41) is 5.97. The Bertz CT molecular complexity index is 754. The lowest BCUT2D eigenvalue weighted by atomic mass is 10.1. The molecule has 0 bridgehead atoms. The lowest BCUT2D eigenvalue weighted by molar-refractivity contribution is 0.0659. The standard InChI is InChI=1S/C14H14FN3O2.C5H5N/c15-11(12-7-16-5-6-17-12)8-18-13(19)9-3-1-2-4-10(9)14(18)20;1-2-4-6-5-3-1/h1-4,16-17H,5-8H2;1-5H/b12-11+;. The van der Waals surface area contributed by atoms with Crippen LogP contribution in [0.15, 0.2) is 66.4 Å². The van der Waals surface area contributed by atoms with Gasteiger partial charge in [0.2, 0.25) is 0 Å². The third-order valence-corrected chi connectivity index (χ3v) is 4.01. The van der Waals surface area contributed by atoms with Crippen LogP contribution in [0.2, 0.25) is 0 Å². The van der Waals surface area contributed by atoms with Gasteiger partial charge in [-0.2, -0.15) is 0 Å². The molecule has 0 aliphatic carbocycles. The third-order valence-electron chi connectivity index (χ3n) is 4.01. The minimum Gasteiger partial charge on any atom is -0.384 e. The number of aromatic nitrogens is 1. The van der Waals surface area contributed by atoms with E-state index in [1.807, 2.05) is 18.2 Å². The van der Waals surface area contributed by atoms with Crippen molar-refractivity contribution in [1.82, 2.24) is 20.5 Å². The average Bonchev–Trinajstić information content (AvgIpc) is 2.95. The minimum absolute atomic E-state index is 0.323. The first kappa shape index (κ1) is 17.8. The van der Waals surface area contributed by atoms with E-state index in [-0.39, 0.29) is 6.54 Å². The van der Waals surface area contributed by atoms with Gasteiger partial charge in [0, 0.05) is 32.0 Å². The molecule has 0 radical (unpaired) electrons. The summed E-state index contributed by atoms with van der Waals surface area (Å²) in [6, 6.07) is 12.3. The summed E-state index contributed by atoms with van der Waals surface area (Å²) in [4.78, 5) is 28.9. The van der Waals surface area contributed by atoms with Crippen LogP contribution in [0.1, 0.15) is 20.7 Å². The molecule has 1 aromatic heterocycles. The number of nitrogens with one attached hydrogen (secondary N) is 2. The second-order valence-corrected chi connectivity index (χ2v) is 5.75. The molecule has 0 saturated carbocycles. The summed E-state index contributed by atoms with van der Waals surface area (Å²) >= 11 is 0. The minimum atomic E-state index is -0.480. The molecule has 3 heterocycles. The maximum Gasteiger partial charge on any atom is 0.261 e. The molecule has 7 heteroatoms. The highest BCUT2D eigenvalue weighted by atomic mass is 19.1. The number of amides is 2. The number of fused-ring (bicyclic) bond motifs is 1. The molecule has 2 N–H and O–H groups in total. The fourth-order valence-corrected chi connectivity index (χ4v) is 2.70. The van der Waals surface area contributed by atoms with Crippen LogP contribution in [0.5, 0.6) is 0 Å². The van der Waals surface area contributed by atoms with Crippen molar-refractivity contribution >= 4 is 11.8 Å². The van der Waals surface area contributed by atoms with Crippen LogP contribution in [-0.4, -0.2) is 47.9 Å². The van der Waals surface area contributed by atoms with Crippen molar-refractivity contribution in [3.05, 3.63) is 77.5 Å². The van der Waals surface area contributed by atoms with Crippen molar-refractivity contribution in [2.45, 2.75) is 0 Å². The number of pyridine rings is 1. The van der Waals surface area contributed by atoms with Crippen molar-refractivity contribution in [1.29, 1.82) is 0 Å². The number of hydrogen-bond donors (Lipinski definition) is 2. The summed E-state index contributed by atoms with van der Waals surface area (Å²) < 4.78 is 14.1. The van der Waals surface area contributed by atoms with Gasteiger partial charge in [-0.1, -0.05) is 18.2 Å². The molecule has 1 aromatic carbocycles. The first-order chi connectivity index (χ1) is 12.7. The Balaban J connectivity index is 0.000000278. The van der Waals surface area contributed by atoms with Gasteiger partial charge in [0.05, 0.1) is 23.4 Å². The highest BCUT2D eigenvalue weighted by Gasteiger charge is 2.36.